The monoisotopic (exact) mass is 319 g/mol. The van der Waals surface area contributed by atoms with E-state index in [2.05, 4.69) is 4.72 Å². The molecule has 116 valence electrons. The second-order valence-electron chi connectivity index (χ2n) is 5.19. The van der Waals surface area contributed by atoms with Crippen LogP contribution in [0.2, 0.25) is 0 Å². The Morgan fingerprint density at radius 1 is 1.14 bits per heavy atom. The Morgan fingerprint density at radius 3 is 2.50 bits per heavy atom. The number of benzene rings is 2. The molecule has 0 unspecified atom stereocenters. The van der Waals surface area contributed by atoms with E-state index in [1.54, 1.807) is 31.2 Å². The average Bonchev–Trinajstić information content (AvgIpc) is 2.40. The van der Waals surface area contributed by atoms with Gasteiger partial charge in [-0.15, -0.1) is 0 Å². The standard InChI is InChI=1S/C16H17NO4S/c1-11-4-3-5-13(8-11)10-22(20,21)17-15-9-14(16(18)19)7-6-12(15)2/h3-9,17H,10H2,1-2H3,(H,18,19). The van der Waals surface area contributed by atoms with Gasteiger partial charge in [0.1, 0.15) is 0 Å². The number of carbonyl (C=O) groups is 1. The predicted molar refractivity (Wildman–Crippen MR) is 85.6 cm³/mol. The zero-order valence-corrected chi connectivity index (χ0v) is 13.1. The number of anilines is 1. The minimum Gasteiger partial charge on any atom is -0.478 e. The highest BCUT2D eigenvalue weighted by atomic mass is 32.2. The Balaban J connectivity index is 2.25. The Morgan fingerprint density at radius 2 is 1.86 bits per heavy atom. The van der Waals surface area contributed by atoms with Gasteiger partial charge in [-0.05, 0) is 37.1 Å². The van der Waals surface area contributed by atoms with Gasteiger partial charge in [0.25, 0.3) is 0 Å². The van der Waals surface area contributed by atoms with Gasteiger partial charge in [0.05, 0.1) is 17.0 Å². The van der Waals surface area contributed by atoms with Crippen molar-refractivity contribution in [2.45, 2.75) is 19.6 Å². The first-order chi connectivity index (χ1) is 10.3. The number of hydrogen-bond acceptors (Lipinski definition) is 3. The van der Waals surface area contributed by atoms with Crippen molar-refractivity contribution in [3.8, 4) is 0 Å². The molecule has 0 atom stereocenters. The molecule has 6 heteroatoms. The molecule has 0 aliphatic carbocycles. The molecule has 0 spiro atoms. The van der Waals surface area contributed by atoms with Gasteiger partial charge in [0.2, 0.25) is 10.0 Å². The van der Waals surface area contributed by atoms with Crippen LogP contribution in [-0.4, -0.2) is 19.5 Å². The Labute approximate surface area is 129 Å². The quantitative estimate of drug-likeness (QED) is 0.887. The van der Waals surface area contributed by atoms with Crippen LogP contribution < -0.4 is 4.72 Å². The largest absolute Gasteiger partial charge is 0.478 e. The Bertz CT molecular complexity index is 813. The van der Waals surface area contributed by atoms with Crippen molar-refractivity contribution in [1.29, 1.82) is 0 Å². The first-order valence-corrected chi connectivity index (χ1v) is 8.32. The number of hydrogen-bond donors (Lipinski definition) is 2. The second kappa shape index (κ2) is 6.19. The molecule has 0 amide bonds. The van der Waals surface area contributed by atoms with Gasteiger partial charge < -0.3 is 5.11 Å². The third-order valence-electron chi connectivity index (χ3n) is 3.19. The molecule has 0 fully saturated rings. The minimum absolute atomic E-state index is 0.0406. The summed E-state index contributed by atoms with van der Waals surface area (Å²) in [5, 5.41) is 8.99. The molecule has 2 aromatic rings. The first kappa shape index (κ1) is 16.0. The summed E-state index contributed by atoms with van der Waals surface area (Å²) in [5.74, 6) is -1.26. The molecule has 0 aliphatic rings. The van der Waals surface area contributed by atoms with Crippen LogP contribution >= 0.6 is 0 Å². The topological polar surface area (TPSA) is 83.5 Å². The molecular weight excluding hydrogens is 302 g/mol. The summed E-state index contributed by atoms with van der Waals surface area (Å²) < 4.78 is 27.0. The van der Waals surface area contributed by atoms with Crippen molar-refractivity contribution in [1.82, 2.24) is 0 Å². The Hall–Kier alpha value is -2.34. The van der Waals surface area contributed by atoms with Gasteiger partial charge >= 0.3 is 5.97 Å². The van der Waals surface area contributed by atoms with Crippen LogP contribution in [0.3, 0.4) is 0 Å². The minimum atomic E-state index is -3.61. The van der Waals surface area contributed by atoms with Crippen molar-refractivity contribution in [2.24, 2.45) is 0 Å². The van der Waals surface area contributed by atoms with Gasteiger partial charge in [0.15, 0.2) is 0 Å². The van der Waals surface area contributed by atoms with Gasteiger partial charge in [-0.2, -0.15) is 0 Å². The van der Waals surface area contributed by atoms with Crippen LogP contribution in [0.5, 0.6) is 0 Å². The van der Waals surface area contributed by atoms with E-state index in [0.717, 1.165) is 5.56 Å². The molecular formula is C16H17NO4S. The van der Waals surface area contributed by atoms with Crippen LogP contribution in [0, 0.1) is 13.8 Å². The van der Waals surface area contributed by atoms with Gasteiger partial charge in [-0.1, -0.05) is 35.9 Å². The molecule has 0 bridgehead atoms. The van der Waals surface area contributed by atoms with E-state index in [4.69, 9.17) is 5.11 Å². The van der Waals surface area contributed by atoms with E-state index in [1.807, 2.05) is 13.0 Å². The molecule has 22 heavy (non-hydrogen) atoms. The van der Waals surface area contributed by atoms with Gasteiger partial charge in [0, 0.05) is 0 Å². The lowest BCUT2D eigenvalue weighted by molar-refractivity contribution is 0.0697. The van der Waals surface area contributed by atoms with Crippen LogP contribution in [-0.2, 0) is 15.8 Å². The van der Waals surface area contributed by atoms with E-state index in [-0.39, 0.29) is 17.0 Å². The van der Waals surface area contributed by atoms with Crippen LogP contribution in [0.1, 0.15) is 27.0 Å². The summed E-state index contributed by atoms with van der Waals surface area (Å²) in [5.41, 5.74) is 2.65. The van der Waals surface area contributed by atoms with Gasteiger partial charge in [-0.25, -0.2) is 13.2 Å². The highest BCUT2D eigenvalue weighted by molar-refractivity contribution is 7.91. The lowest BCUT2D eigenvalue weighted by Gasteiger charge is -2.11. The summed E-state index contributed by atoms with van der Waals surface area (Å²) in [4.78, 5) is 11.0. The summed E-state index contributed by atoms with van der Waals surface area (Å²) in [6.45, 7) is 3.61. The van der Waals surface area contributed by atoms with Crippen molar-refractivity contribution >= 4 is 21.7 Å². The molecule has 2 rings (SSSR count). The number of sulfonamides is 1. The molecule has 2 aromatic carbocycles. The molecule has 0 aliphatic heterocycles. The molecule has 2 N–H and O–H groups in total. The van der Waals surface area contributed by atoms with Crippen LogP contribution in [0.15, 0.2) is 42.5 Å². The van der Waals surface area contributed by atoms with Crippen LogP contribution in [0.25, 0.3) is 0 Å². The highest BCUT2D eigenvalue weighted by Crippen LogP contribution is 2.20. The first-order valence-electron chi connectivity index (χ1n) is 6.67. The fraction of sp³-hybridized carbons (Fsp3) is 0.188. The fourth-order valence-corrected chi connectivity index (χ4v) is 3.34. The zero-order valence-electron chi connectivity index (χ0n) is 12.3. The number of carboxylic acid groups (broad SMARTS) is 1. The molecule has 0 saturated heterocycles. The normalized spacial score (nSPS) is 11.2. The number of carboxylic acids is 1. The molecule has 0 heterocycles. The number of aryl methyl sites for hydroxylation is 2. The van der Waals surface area contributed by atoms with E-state index in [9.17, 15) is 13.2 Å². The molecule has 5 nitrogen and oxygen atoms in total. The summed E-state index contributed by atoms with van der Waals surface area (Å²) >= 11 is 0. The lowest BCUT2D eigenvalue weighted by atomic mass is 10.1. The maximum absolute atomic E-state index is 12.3. The molecule has 0 aromatic heterocycles. The molecule has 0 radical (unpaired) electrons. The summed E-state index contributed by atoms with van der Waals surface area (Å²) in [7, 11) is -3.61. The SMILES string of the molecule is Cc1cccc(CS(=O)(=O)Nc2cc(C(=O)O)ccc2C)c1. The van der Waals surface area contributed by atoms with Crippen molar-refractivity contribution in [3.05, 3.63) is 64.7 Å². The number of aromatic carboxylic acids is 1. The maximum Gasteiger partial charge on any atom is 0.335 e. The summed E-state index contributed by atoms with van der Waals surface area (Å²) in [6, 6.07) is 11.6. The van der Waals surface area contributed by atoms with Crippen molar-refractivity contribution in [2.75, 3.05) is 4.72 Å². The van der Waals surface area contributed by atoms with Crippen molar-refractivity contribution in [3.63, 3.8) is 0 Å². The van der Waals surface area contributed by atoms with E-state index in [0.29, 0.717) is 11.1 Å². The fourth-order valence-electron chi connectivity index (χ4n) is 2.09. The maximum atomic E-state index is 12.3. The third-order valence-corrected chi connectivity index (χ3v) is 4.43. The smallest absolute Gasteiger partial charge is 0.335 e. The van der Waals surface area contributed by atoms with E-state index >= 15 is 0 Å². The van der Waals surface area contributed by atoms with E-state index < -0.39 is 16.0 Å². The third kappa shape index (κ3) is 4.08. The molecule has 0 saturated carbocycles. The highest BCUT2D eigenvalue weighted by Gasteiger charge is 2.15. The average molecular weight is 319 g/mol. The van der Waals surface area contributed by atoms with Crippen LogP contribution in [0.4, 0.5) is 5.69 Å². The summed E-state index contributed by atoms with van der Waals surface area (Å²) in [6.07, 6.45) is 0. The van der Waals surface area contributed by atoms with Gasteiger partial charge in [-0.3, -0.25) is 4.72 Å². The number of rotatable bonds is 5. The Kier molecular flexibility index (Phi) is 4.51. The van der Waals surface area contributed by atoms with E-state index in [1.165, 1.54) is 12.1 Å². The predicted octanol–water partition coefficient (Wildman–Crippen LogP) is 2.94. The zero-order chi connectivity index (χ0) is 16.3. The number of nitrogens with one attached hydrogen (secondary N) is 1. The lowest BCUT2D eigenvalue weighted by Crippen LogP contribution is -2.16. The van der Waals surface area contributed by atoms with Crippen molar-refractivity contribution < 1.29 is 18.3 Å². The second-order valence-corrected chi connectivity index (χ2v) is 6.91.